The summed E-state index contributed by atoms with van der Waals surface area (Å²) in [5, 5.41) is 0. The molecule has 0 aliphatic heterocycles. The topological polar surface area (TPSA) is 9.23 Å². The molecule has 0 aliphatic rings. The van der Waals surface area contributed by atoms with E-state index in [0.29, 0.717) is 6.61 Å². The maximum atomic E-state index is 5.95. The summed E-state index contributed by atoms with van der Waals surface area (Å²) in [4.78, 5) is 0. The van der Waals surface area contributed by atoms with Crippen molar-refractivity contribution in [3.05, 3.63) is 77.9 Å². The summed E-state index contributed by atoms with van der Waals surface area (Å²) in [5.74, 6) is 0.932. The average Bonchev–Trinajstić information content (AvgIpc) is 2.58. The highest BCUT2D eigenvalue weighted by atomic mass is 16.5. The summed E-state index contributed by atoms with van der Waals surface area (Å²) in [6.45, 7) is 7.35. The van der Waals surface area contributed by atoms with Crippen molar-refractivity contribution in [2.75, 3.05) is 0 Å². The average molecular weight is 308 g/mol. The van der Waals surface area contributed by atoms with Crippen LogP contribution in [0.15, 0.2) is 66.7 Å². The van der Waals surface area contributed by atoms with Crippen molar-refractivity contribution in [3.63, 3.8) is 0 Å². The second-order valence-corrected chi connectivity index (χ2v) is 6.57. The van der Waals surface area contributed by atoms with Crippen LogP contribution in [-0.2, 0) is 12.0 Å². The normalized spacial score (nSPS) is 11.8. The molecule has 0 spiro atoms. The smallest absolute Gasteiger partial charge is 0.120 e. The number of unbranched alkanes of at least 4 members (excludes halogenated alkanes) is 2. The Balaban J connectivity index is 2.02. The van der Waals surface area contributed by atoms with Crippen LogP contribution in [0.25, 0.3) is 0 Å². The van der Waals surface area contributed by atoms with Gasteiger partial charge in [-0.25, -0.2) is 0 Å². The lowest BCUT2D eigenvalue weighted by atomic mass is 9.84. The van der Waals surface area contributed by atoms with Gasteiger partial charge in [-0.2, -0.15) is 0 Å². The SMILES string of the molecule is CCCC/C=C\C(C)(C)c1cccc(OCc2ccccc2)c1. The number of hydrogen-bond donors (Lipinski definition) is 0. The van der Waals surface area contributed by atoms with Crippen LogP contribution in [0.1, 0.15) is 51.2 Å². The molecule has 0 saturated heterocycles. The fraction of sp³-hybridized carbons (Fsp3) is 0.364. The van der Waals surface area contributed by atoms with Gasteiger partial charge >= 0.3 is 0 Å². The molecule has 0 atom stereocenters. The van der Waals surface area contributed by atoms with Gasteiger partial charge < -0.3 is 4.74 Å². The van der Waals surface area contributed by atoms with Crippen molar-refractivity contribution in [2.45, 2.75) is 52.1 Å². The second-order valence-electron chi connectivity index (χ2n) is 6.57. The van der Waals surface area contributed by atoms with Gasteiger partial charge in [-0.05, 0) is 29.7 Å². The van der Waals surface area contributed by atoms with Crippen molar-refractivity contribution < 1.29 is 4.74 Å². The minimum atomic E-state index is 0.0276. The third-order valence-electron chi connectivity index (χ3n) is 4.09. The van der Waals surface area contributed by atoms with Crippen LogP contribution in [-0.4, -0.2) is 0 Å². The highest BCUT2D eigenvalue weighted by Gasteiger charge is 2.17. The van der Waals surface area contributed by atoms with Crippen LogP contribution in [0.2, 0.25) is 0 Å². The third-order valence-corrected chi connectivity index (χ3v) is 4.09. The van der Waals surface area contributed by atoms with Crippen molar-refractivity contribution in [1.29, 1.82) is 0 Å². The molecule has 0 amide bonds. The van der Waals surface area contributed by atoms with E-state index >= 15 is 0 Å². The summed E-state index contributed by atoms with van der Waals surface area (Å²) >= 11 is 0. The van der Waals surface area contributed by atoms with E-state index in [0.717, 1.165) is 12.2 Å². The van der Waals surface area contributed by atoms with Crippen LogP contribution in [0.5, 0.6) is 5.75 Å². The molecule has 0 fully saturated rings. The molecule has 0 aromatic heterocycles. The Morgan fingerprint density at radius 1 is 1.00 bits per heavy atom. The van der Waals surface area contributed by atoms with E-state index in [2.05, 4.69) is 63.3 Å². The number of hydrogen-bond acceptors (Lipinski definition) is 1. The van der Waals surface area contributed by atoms with Crippen molar-refractivity contribution in [3.8, 4) is 5.75 Å². The molecule has 0 aliphatic carbocycles. The number of ether oxygens (including phenoxy) is 1. The number of rotatable bonds is 8. The molecule has 2 aromatic rings. The van der Waals surface area contributed by atoms with E-state index < -0.39 is 0 Å². The predicted molar refractivity (Wildman–Crippen MR) is 98.9 cm³/mol. The number of allylic oxidation sites excluding steroid dienone is 2. The summed E-state index contributed by atoms with van der Waals surface area (Å²) in [6, 6.07) is 18.7. The predicted octanol–water partition coefficient (Wildman–Crippen LogP) is 6.29. The molecule has 1 nitrogen and oxygen atoms in total. The minimum absolute atomic E-state index is 0.0276. The Labute approximate surface area is 141 Å². The maximum Gasteiger partial charge on any atom is 0.120 e. The van der Waals surface area contributed by atoms with E-state index in [1.165, 1.54) is 24.0 Å². The Bertz CT molecular complexity index is 611. The molecule has 2 aromatic carbocycles. The molecule has 0 unspecified atom stereocenters. The molecule has 23 heavy (non-hydrogen) atoms. The minimum Gasteiger partial charge on any atom is -0.489 e. The van der Waals surface area contributed by atoms with Gasteiger partial charge in [0.2, 0.25) is 0 Å². The first-order valence-corrected chi connectivity index (χ1v) is 8.57. The zero-order valence-electron chi connectivity index (χ0n) is 14.6. The fourth-order valence-electron chi connectivity index (χ4n) is 2.52. The highest BCUT2D eigenvalue weighted by molar-refractivity contribution is 5.36. The molecule has 0 heterocycles. The zero-order chi connectivity index (χ0) is 16.5. The summed E-state index contributed by atoms with van der Waals surface area (Å²) in [6.07, 6.45) is 8.28. The third kappa shape index (κ3) is 5.59. The molecule has 0 N–H and O–H groups in total. The lowest BCUT2D eigenvalue weighted by Gasteiger charge is -2.22. The Kier molecular flexibility index (Phi) is 6.46. The fourth-order valence-corrected chi connectivity index (χ4v) is 2.52. The first-order chi connectivity index (χ1) is 11.1. The van der Waals surface area contributed by atoms with Gasteiger partial charge in [0.1, 0.15) is 12.4 Å². The van der Waals surface area contributed by atoms with Gasteiger partial charge in [-0.3, -0.25) is 0 Å². The van der Waals surface area contributed by atoms with E-state index in [9.17, 15) is 0 Å². The molecular formula is C22H28O. The molecule has 0 saturated carbocycles. The van der Waals surface area contributed by atoms with Gasteiger partial charge in [-0.15, -0.1) is 0 Å². The van der Waals surface area contributed by atoms with Crippen LogP contribution in [0, 0.1) is 0 Å². The van der Waals surface area contributed by atoms with Crippen LogP contribution >= 0.6 is 0 Å². The highest BCUT2D eigenvalue weighted by Crippen LogP contribution is 2.28. The first kappa shape index (κ1) is 17.3. The van der Waals surface area contributed by atoms with E-state index in [1.54, 1.807) is 0 Å². The lowest BCUT2D eigenvalue weighted by molar-refractivity contribution is 0.305. The van der Waals surface area contributed by atoms with Crippen LogP contribution in [0.3, 0.4) is 0 Å². The van der Waals surface area contributed by atoms with Gasteiger partial charge in [0.05, 0.1) is 0 Å². The second kappa shape index (κ2) is 8.57. The van der Waals surface area contributed by atoms with E-state index in [1.807, 2.05) is 24.3 Å². The molecule has 122 valence electrons. The first-order valence-electron chi connectivity index (χ1n) is 8.57. The van der Waals surface area contributed by atoms with Gasteiger partial charge in [0.15, 0.2) is 0 Å². The molecular weight excluding hydrogens is 280 g/mol. The molecule has 2 rings (SSSR count). The summed E-state index contributed by atoms with van der Waals surface area (Å²) in [5.41, 5.74) is 2.51. The Morgan fingerprint density at radius 3 is 2.52 bits per heavy atom. The monoisotopic (exact) mass is 308 g/mol. The van der Waals surface area contributed by atoms with Gasteiger partial charge in [-0.1, -0.05) is 88.2 Å². The quantitative estimate of drug-likeness (QED) is 0.411. The van der Waals surface area contributed by atoms with Crippen LogP contribution in [0.4, 0.5) is 0 Å². The Morgan fingerprint density at radius 2 is 1.78 bits per heavy atom. The van der Waals surface area contributed by atoms with Crippen LogP contribution < -0.4 is 4.74 Å². The maximum absolute atomic E-state index is 5.95. The summed E-state index contributed by atoms with van der Waals surface area (Å²) < 4.78 is 5.95. The Hall–Kier alpha value is -2.02. The van der Waals surface area contributed by atoms with Crippen molar-refractivity contribution in [1.82, 2.24) is 0 Å². The zero-order valence-corrected chi connectivity index (χ0v) is 14.6. The lowest BCUT2D eigenvalue weighted by Crippen LogP contribution is -2.13. The van der Waals surface area contributed by atoms with Gasteiger partial charge in [0.25, 0.3) is 0 Å². The molecule has 1 heteroatoms. The van der Waals surface area contributed by atoms with E-state index in [4.69, 9.17) is 4.74 Å². The molecule has 0 radical (unpaired) electrons. The van der Waals surface area contributed by atoms with E-state index in [-0.39, 0.29) is 5.41 Å². The molecule has 0 bridgehead atoms. The van der Waals surface area contributed by atoms with Crippen molar-refractivity contribution in [2.24, 2.45) is 0 Å². The largest absolute Gasteiger partial charge is 0.489 e. The standard InChI is InChI=1S/C22H28O/c1-4-5-6-10-16-22(2,3)20-14-11-15-21(17-20)23-18-19-12-8-7-9-13-19/h7-17H,4-6,18H2,1-3H3/b16-10-. The number of benzene rings is 2. The summed E-state index contributed by atoms with van der Waals surface area (Å²) in [7, 11) is 0. The van der Waals surface area contributed by atoms with Gasteiger partial charge in [0, 0.05) is 5.41 Å². The van der Waals surface area contributed by atoms with Crippen molar-refractivity contribution >= 4 is 0 Å².